The van der Waals surface area contributed by atoms with E-state index in [0.717, 1.165) is 18.8 Å². The molecule has 0 saturated heterocycles. The molecule has 0 aliphatic carbocycles. The van der Waals surface area contributed by atoms with Crippen LogP contribution >= 0.6 is 0 Å². The normalized spacial score (nSPS) is 11.2. The number of nitrogens with zero attached hydrogens (tertiary/aromatic N) is 1. The molecule has 0 unspecified atom stereocenters. The molecule has 0 bridgehead atoms. The second-order valence-electron chi connectivity index (χ2n) is 5.54. The molecule has 0 atom stereocenters. The van der Waals surface area contributed by atoms with Crippen LogP contribution in [0, 0.1) is 19.8 Å². The van der Waals surface area contributed by atoms with Gasteiger partial charge in [0.15, 0.2) is 0 Å². The smallest absolute Gasteiger partial charge is 0.0697 e. The third-order valence-corrected chi connectivity index (χ3v) is 3.46. The monoisotopic (exact) mass is 257 g/mol. The Morgan fingerprint density at radius 2 is 2.05 bits per heavy atom. The molecule has 2 rings (SSSR count). The quantitative estimate of drug-likeness (QED) is 0.861. The molecule has 0 amide bonds. The summed E-state index contributed by atoms with van der Waals surface area (Å²) in [6.45, 7) is 10.6. The van der Waals surface area contributed by atoms with Gasteiger partial charge in [0.1, 0.15) is 0 Å². The number of nitrogens with one attached hydrogen (secondary N) is 2. The van der Waals surface area contributed by atoms with Crippen molar-refractivity contribution in [2.75, 3.05) is 6.54 Å². The van der Waals surface area contributed by atoms with Crippen molar-refractivity contribution in [3.8, 4) is 11.3 Å². The van der Waals surface area contributed by atoms with Crippen molar-refractivity contribution in [1.29, 1.82) is 0 Å². The molecule has 1 aromatic carbocycles. The number of hydrogen-bond donors (Lipinski definition) is 2. The highest BCUT2D eigenvalue weighted by atomic mass is 15.1. The van der Waals surface area contributed by atoms with Crippen LogP contribution in [0.5, 0.6) is 0 Å². The number of H-pyrrole nitrogens is 1. The van der Waals surface area contributed by atoms with Crippen molar-refractivity contribution in [1.82, 2.24) is 15.5 Å². The molecule has 102 valence electrons. The first kappa shape index (κ1) is 13.8. The Balaban J connectivity index is 2.21. The Labute approximate surface area is 115 Å². The lowest BCUT2D eigenvalue weighted by Gasteiger charge is -2.10. The SMILES string of the molecule is Cc1cccc(-c2[nH]ncc2CNCC(C)C)c1C. The first-order valence-electron chi connectivity index (χ1n) is 6.89. The average molecular weight is 257 g/mol. The fourth-order valence-electron chi connectivity index (χ4n) is 2.20. The largest absolute Gasteiger partial charge is 0.312 e. The molecular weight excluding hydrogens is 234 g/mol. The number of aromatic nitrogens is 2. The third kappa shape index (κ3) is 3.24. The van der Waals surface area contributed by atoms with Crippen LogP contribution in [0.3, 0.4) is 0 Å². The van der Waals surface area contributed by atoms with Crippen molar-refractivity contribution in [3.05, 3.63) is 41.1 Å². The zero-order chi connectivity index (χ0) is 13.8. The fourth-order valence-corrected chi connectivity index (χ4v) is 2.20. The lowest BCUT2D eigenvalue weighted by molar-refractivity contribution is 0.553. The Kier molecular flexibility index (Phi) is 4.38. The molecule has 3 heteroatoms. The van der Waals surface area contributed by atoms with Crippen LogP contribution in [-0.2, 0) is 6.54 Å². The van der Waals surface area contributed by atoms with Crippen LogP contribution in [-0.4, -0.2) is 16.7 Å². The van der Waals surface area contributed by atoms with E-state index in [0.29, 0.717) is 5.92 Å². The molecule has 0 spiro atoms. The van der Waals surface area contributed by atoms with E-state index in [-0.39, 0.29) is 0 Å². The summed E-state index contributed by atoms with van der Waals surface area (Å²) >= 11 is 0. The van der Waals surface area contributed by atoms with Crippen LogP contribution in [0.4, 0.5) is 0 Å². The van der Waals surface area contributed by atoms with E-state index >= 15 is 0 Å². The molecule has 1 heterocycles. The Bertz CT molecular complexity index is 541. The van der Waals surface area contributed by atoms with Crippen molar-refractivity contribution in [2.45, 2.75) is 34.2 Å². The van der Waals surface area contributed by atoms with Crippen LogP contribution in [0.25, 0.3) is 11.3 Å². The van der Waals surface area contributed by atoms with E-state index in [2.05, 4.69) is 61.4 Å². The molecule has 2 aromatic rings. The minimum Gasteiger partial charge on any atom is -0.312 e. The lowest BCUT2D eigenvalue weighted by Crippen LogP contribution is -2.19. The summed E-state index contributed by atoms with van der Waals surface area (Å²) in [4.78, 5) is 0. The predicted octanol–water partition coefficient (Wildman–Crippen LogP) is 3.44. The highest BCUT2D eigenvalue weighted by molar-refractivity contribution is 5.67. The van der Waals surface area contributed by atoms with Gasteiger partial charge in [0.25, 0.3) is 0 Å². The molecule has 0 aliphatic heterocycles. The van der Waals surface area contributed by atoms with Gasteiger partial charge in [0.2, 0.25) is 0 Å². The van der Waals surface area contributed by atoms with E-state index in [1.54, 1.807) is 0 Å². The van der Waals surface area contributed by atoms with E-state index in [9.17, 15) is 0 Å². The van der Waals surface area contributed by atoms with Gasteiger partial charge in [-0.3, -0.25) is 5.10 Å². The minimum absolute atomic E-state index is 0.663. The standard InChI is InChI=1S/C16H23N3/c1-11(2)8-17-9-14-10-18-19-16(14)15-7-5-6-12(3)13(15)4/h5-7,10-11,17H,8-9H2,1-4H3,(H,18,19). The zero-order valence-corrected chi connectivity index (χ0v) is 12.2. The van der Waals surface area contributed by atoms with Crippen LogP contribution in [0.2, 0.25) is 0 Å². The number of rotatable bonds is 5. The first-order chi connectivity index (χ1) is 9.09. The predicted molar refractivity (Wildman–Crippen MR) is 80.0 cm³/mol. The van der Waals surface area contributed by atoms with E-state index < -0.39 is 0 Å². The molecule has 0 radical (unpaired) electrons. The van der Waals surface area contributed by atoms with Gasteiger partial charge in [-0.1, -0.05) is 32.0 Å². The molecule has 0 fully saturated rings. The molecule has 3 nitrogen and oxygen atoms in total. The lowest BCUT2D eigenvalue weighted by atomic mass is 9.99. The van der Waals surface area contributed by atoms with Gasteiger partial charge >= 0.3 is 0 Å². The summed E-state index contributed by atoms with van der Waals surface area (Å²) in [5.41, 5.74) is 6.25. The van der Waals surface area contributed by atoms with E-state index in [4.69, 9.17) is 0 Å². The van der Waals surface area contributed by atoms with E-state index in [1.807, 2.05) is 6.20 Å². The van der Waals surface area contributed by atoms with Gasteiger partial charge < -0.3 is 5.32 Å². The van der Waals surface area contributed by atoms with Gasteiger partial charge in [-0.05, 0) is 37.4 Å². The Morgan fingerprint density at radius 3 is 2.79 bits per heavy atom. The summed E-state index contributed by atoms with van der Waals surface area (Å²) < 4.78 is 0. The van der Waals surface area contributed by atoms with Gasteiger partial charge in [-0.25, -0.2) is 0 Å². The second kappa shape index (κ2) is 6.02. The van der Waals surface area contributed by atoms with Gasteiger partial charge in [-0.15, -0.1) is 0 Å². The Hall–Kier alpha value is -1.61. The average Bonchev–Trinajstić information content (AvgIpc) is 2.80. The van der Waals surface area contributed by atoms with Gasteiger partial charge in [-0.2, -0.15) is 5.10 Å². The van der Waals surface area contributed by atoms with Crippen molar-refractivity contribution in [3.63, 3.8) is 0 Å². The first-order valence-corrected chi connectivity index (χ1v) is 6.89. The maximum absolute atomic E-state index is 4.20. The number of hydrogen-bond acceptors (Lipinski definition) is 2. The second-order valence-corrected chi connectivity index (χ2v) is 5.54. The molecule has 0 saturated carbocycles. The number of benzene rings is 1. The van der Waals surface area contributed by atoms with Gasteiger partial charge in [0, 0.05) is 17.7 Å². The molecular formula is C16H23N3. The molecule has 0 aliphatic rings. The van der Waals surface area contributed by atoms with Crippen LogP contribution in [0.15, 0.2) is 24.4 Å². The van der Waals surface area contributed by atoms with E-state index in [1.165, 1.54) is 22.3 Å². The summed E-state index contributed by atoms with van der Waals surface area (Å²) in [6, 6.07) is 6.40. The summed E-state index contributed by atoms with van der Waals surface area (Å²) in [5, 5.41) is 10.8. The summed E-state index contributed by atoms with van der Waals surface area (Å²) in [5.74, 6) is 0.663. The summed E-state index contributed by atoms with van der Waals surface area (Å²) in [6.07, 6.45) is 1.92. The molecule has 19 heavy (non-hydrogen) atoms. The number of aryl methyl sites for hydroxylation is 1. The number of aromatic amines is 1. The maximum atomic E-state index is 4.20. The van der Waals surface area contributed by atoms with Crippen LogP contribution < -0.4 is 5.32 Å². The van der Waals surface area contributed by atoms with Gasteiger partial charge in [0.05, 0.1) is 11.9 Å². The third-order valence-electron chi connectivity index (χ3n) is 3.46. The topological polar surface area (TPSA) is 40.7 Å². The fraction of sp³-hybridized carbons (Fsp3) is 0.438. The Morgan fingerprint density at radius 1 is 1.26 bits per heavy atom. The summed E-state index contributed by atoms with van der Waals surface area (Å²) in [7, 11) is 0. The van der Waals surface area contributed by atoms with Crippen LogP contribution in [0.1, 0.15) is 30.5 Å². The van der Waals surface area contributed by atoms with Crippen molar-refractivity contribution in [2.24, 2.45) is 5.92 Å². The minimum atomic E-state index is 0.663. The molecule has 2 N–H and O–H groups in total. The molecule has 1 aromatic heterocycles. The highest BCUT2D eigenvalue weighted by Gasteiger charge is 2.10. The highest BCUT2D eigenvalue weighted by Crippen LogP contribution is 2.26. The van der Waals surface area contributed by atoms with Crippen molar-refractivity contribution >= 4 is 0 Å². The van der Waals surface area contributed by atoms with Crippen molar-refractivity contribution < 1.29 is 0 Å². The maximum Gasteiger partial charge on any atom is 0.0697 e. The zero-order valence-electron chi connectivity index (χ0n) is 12.2.